The molecule has 0 spiro atoms. The number of hydrogen-bond donors (Lipinski definition) is 1. The summed E-state index contributed by atoms with van der Waals surface area (Å²) in [6.45, 7) is 6.47. The summed E-state index contributed by atoms with van der Waals surface area (Å²) in [5.41, 5.74) is 4.26. The van der Waals surface area contributed by atoms with Gasteiger partial charge in [-0.25, -0.2) is 18.4 Å². The summed E-state index contributed by atoms with van der Waals surface area (Å²) in [6.07, 6.45) is 5.85. The minimum Gasteiger partial charge on any atom is -0.476 e. The molecule has 7 nitrogen and oxygen atoms in total. The van der Waals surface area contributed by atoms with Crippen LogP contribution in [0.2, 0.25) is 0 Å². The van der Waals surface area contributed by atoms with Gasteiger partial charge < -0.3 is 14.6 Å². The third-order valence-electron chi connectivity index (χ3n) is 6.76. The molecule has 178 valence electrons. The van der Waals surface area contributed by atoms with E-state index < -0.39 is 9.84 Å². The normalized spacial score (nSPS) is 15.9. The Morgan fingerprint density at radius 2 is 1.94 bits per heavy atom. The molecule has 4 heterocycles. The number of piperidine rings is 1. The van der Waals surface area contributed by atoms with Crippen molar-refractivity contribution in [1.29, 1.82) is 0 Å². The van der Waals surface area contributed by atoms with Crippen LogP contribution in [0.25, 0.3) is 33.1 Å². The van der Waals surface area contributed by atoms with Gasteiger partial charge in [0.2, 0.25) is 5.88 Å². The van der Waals surface area contributed by atoms with E-state index in [-0.39, 0.29) is 5.75 Å². The Balaban J connectivity index is 1.61. The standard InChI is InChI=1S/C26H30N4O3S/c1-4-34(31,32)20-7-5-6-19(13-20)22-15-28-26(33-16-18-8-10-30(3)11-9-18)24-23(22)21-12-17(2)14-27-25(21)29-24/h5-7,12-15,18H,4,8-11,16H2,1-3H3,(H,27,29). The molecular weight excluding hydrogens is 448 g/mol. The lowest BCUT2D eigenvalue weighted by molar-refractivity contribution is 0.158. The van der Waals surface area contributed by atoms with Gasteiger partial charge in [0.15, 0.2) is 9.84 Å². The summed E-state index contributed by atoms with van der Waals surface area (Å²) in [5.74, 6) is 1.13. The van der Waals surface area contributed by atoms with E-state index in [2.05, 4.69) is 33.0 Å². The van der Waals surface area contributed by atoms with Crippen LogP contribution < -0.4 is 4.74 Å². The van der Waals surface area contributed by atoms with E-state index in [1.807, 2.05) is 19.2 Å². The van der Waals surface area contributed by atoms with Crippen LogP contribution in [0.1, 0.15) is 25.3 Å². The minimum atomic E-state index is -3.32. The van der Waals surface area contributed by atoms with Crippen molar-refractivity contribution >= 4 is 31.8 Å². The first-order valence-electron chi connectivity index (χ1n) is 11.8. The van der Waals surface area contributed by atoms with Gasteiger partial charge in [0, 0.05) is 28.7 Å². The fourth-order valence-electron chi connectivity index (χ4n) is 4.64. The van der Waals surface area contributed by atoms with E-state index in [0.29, 0.717) is 23.3 Å². The number of aromatic nitrogens is 3. The number of fused-ring (bicyclic) bond motifs is 3. The van der Waals surface area contributed by atoms with Gasteiger partial charge in [-0.3, -0.25) is 0 Å². The number of aromatic amines is 1. The number of likely N-dealkylation sites (tertiary alicyclic amines) is 1. The maximum atomic E-state index is 12.5. The van der Waals surface area contributed by atoms with Crippen molar-refractivity contribution in [2.75, 3.05) is 32.5 Å². The number of nitrogens with zero attached hydrogens (tertiary/aromatic N) is 3. The maximum Gasteiger partial charge on any atom is 0.238 e. The van der Waals surface area contributed by atoms with Crippen molar-refractivity contribution in [3.63, 3.8) is 0 Å². The molecule has 1 aliphatic heterocycles. The first-order chi connectivity index (χ1) is 16.4. The van der Waals surface area contributed by atoms with Crippen molar-refractivity contribution in [2.45, 2.75) is 31.6 Å². The molecule has 0 bridgehead atoms. The van der Waals surface area contributed by atoms with E-state index in [9.17, 15) is 8.42 Å². The van der Waals surface area contributed by atoms with Crippen LogP contribution in [0.3, 0.4) is 0 Å². The van der Waals surface area contributed by atoms with Crippen LogP contribution in [0.5, 0.6) is 5.88 Å². The quantitative estimate of drug-likeness (QED) is 0.436. The lowest BCUT2D eigenvalue weighted by atomic mass is 9.98. The van der Waals surface area contributed by atoms with Gasteiger partial charge in [-0.1, -0.05) is 19.1 Å². The summed E-state index contributed by atoms with van der Waals surface area (Å²) >= 11 is 0. The Morgan fingerprint density at radius 3 is 2.71 bits per heavy atom. The number of hydrogen-bond acceptors (Lipinski definition) is 6. The molecule has 1 fully saturated rings. The topological polar surface area (TPSA) is 88.2 Å². The second kappa shape index (κ2) is 9.00. The molecule has 0 amide bonds. The zero-order valence-electron chi connectivity index (χ0n) is 19.8. The SMILES string of the molecule is CCS(=O)(=O)c1cccc(-c2cnc(OCC3CCN(C)CC3)c3[nH]c4ncc(C)cc4c23)c1. The maximum absolute atomic E-state index is 12.5. The van der Waals surface area contributed by atoms with Crippen LogP contribution in [-0.2, 0) is 9.84 Å². The van der Waals surface area contributed by atoms with Gasteiger partial charge in [0.25, 0.3) is 0 Å². The van der Waals surface area contributed by atoms with Crippen LogP contribution >= 0.6 is 0 Å². The highest BCUT2D eigenvalue weighted by Crippen LogP contribution is 2.38. The zero-order chi connectivity index (χ0) is 23.9. The van der Waals surface area contributed by atoms with E-state index >= 15 is 0 Å². The lowest BCUT2D eigenvalue weighted by Crippen LogP contribution is -2.32. The number of sulfone groups is 1. The second-order valence-corrected chi connectivity index (χ2v) is 11.5. The molecule has 0 radical (unpaired) electrons. The highest BCUT2D eigenvalue weighted by atomic mass is 32.2. The van der Waals surface area contributed by atoms with Gasteiger partial charge in [0.1, 0.15) is 11.2 Å². The van der Waals surface area contributed by atoms with Gasteiger partial charge >= 0.3 is 0 Å². The number of H-pyrrole nitrogens is 1. The Labute approximate surface area is 200 Å². The Kier molecular flexibility index (Phi) is 6.04. The molecule has 0 unspecified atom stereocenters. The van der Waals surface area contributed by atoms with Crippen LogP contribution in [-0.4, -0.2) is 60.8 Å². The summed E-state index contributed by atoms with van der Waals surface area (Å²) in [5, 5.41) is 1.92. The number of aryl methyl sites for hydroxylation is 1. The first-order valence-corrected chi connectivity index (χ1v) is 13.4. The van der Waals surface area contributed by atoms with Crippen LogP contribution in [0.4, 0.5) is 0 Å². The van der Waals surface area contributed by atoms with Crippen LogP contribution in [0.15, 0.2) is 47.6 Å². The monoisotopic (exact) mass is 478 g/mol. The molecule has 1 aliphatic rings. The van der Waals surface area contributed by atoms with Crippen molar-refractivity contribution in [2.24, 2.45) is 5.92 Å². The van der Waals surface area contributed by atoms with Crippen molar-refractivity contribution in [3.8, 4) is 17.0 Å². The molecule has 0 aliphatic carbocycles. The first kappa shape index (κ1) is 22.8. The molecule has 1 aromatic carbocycles. The fraction of sp³-hybridized carbons (Fsp3) is 0.385. The predicted octanol–water partition coefficient (Wildman–Crippen LogP) is 4.60. The average molecular weight is 479 g/mol. The molecule has 0 saturated carbocycles. The number of nitrogens with one attached hydrogen (secondary N) is 1. The van der Waals surface area contributed by atoms with E-state index in [1.54, 1.807) is 31.3 Å². The molecule has 5 rings (SSSR count). The summed E-state index contributed by atoms with van der Waals surface area (Å²) in [6, 6.07) is 9.18. The van der Waals surface area contributed by atoms with E-state index in [4.69, 9.17) is 4.74 Å². The van der Waals surface area contributed by atoms with Gasteiger partial charge in [-0.2, -0.15) is 0 Å². The molecule has 1 N–H and O–H groups in total. The summed E-state index contributed by atoms with van der Waals surface area (Å²) in [7, 11) is -1.17. The third kappa shape index (κ3) is 4.28. The van der Waals surface area contributed by atoms with E-state index in [0.717, 1.165) is 64.6 Å². The van der Waals surface area contributed by atoms with Crippen molar-refractivity contribution in [1.82, 2.24) is 19.9 Å². The molecule has 8 heteroatoms. The molecule has 34 heavy (non-hydrogen) atoms. The zero-order valence-corrected chi connectivity index (χ0v) is 20.7. The second-order valence-electron chi connectivity index (χ2n) is 9.25. The van der Waals surface area contributed by atoms with E-state index in [1.165, 1.54) is 0 Å². The minimum absolute atomic E-state index is 0.0596. The summed E-state index contributed by atoms with van der Waals surface area (Å²) < 4.78 is 31.3. The largest absolute Gasteiger partial charge is 0.476 e. The molecule has 3 aromatic heterocycles. The highest BCUT2D eigenvalue weighted by molar-refractivity contribution is 7.91. The smallest absolute Gasteiger partial charge is 0.238 e. The third-order valence-corrected chi connectivity index (χ3v) is 8.49. The lowest BCUT2D eigenvalue weighted by Gasteiger charge is -2.28. The Morgan fingerprint density at radius 1 is 1.15 bits per heavy atom. The molecule has 1 saturated heterocycles. The number of ether oxygens (including phenoxy) is 1. The molecule has 4 aromatic rings. The Hall–Kier alpha value is -2.97. The number of benzene rings is 1. The fourth-order valence-corrected chi connectivity index (χ4v) is 5.57. The Bertz CT molecular complexity index is 1450. The van der Waals surface area contributed by atoms with Gasteiger partial charge in [-0.15, -0.1) is 0 Å². The summed E-state index contributed by atoms with van der Waals surface area (Å²) in [4.78, 5) is 15.3. The highest BCUT2D eigenvalue weighted by Gasteiger charge is 2.21. The number of pyridine rings is 2. The van der Waals surface area contributed by atoms with Crippen molar-refractivity contribution in [3.05, 3.63) is 48.3 Å². The van der Waals surface area contributed by atoms with Crippen LogP contribution in [0, 0.1) is 12.8 Å². The predicted molar refractivity (Wildman–Crippen MR) is 135 cm³/mol. The molecule has 0 atom stereocenters. The van der Waals surface area contributed by atoms with Gasteiger partial charge in [0.05, 0.1) is 17.3 Å². The number of rotatable bonds is 6. The van der Waals surface area contributed by atoms with Crippen molar-refractivity contribution < 1.29 is 13.2 Å². The van der Waals surface area contributed by atoms with Gasteiger partial charge in [-0.05, 0) is 75.1 Å². The molecular formula is C26H30N4O3S. The average Bonchev–Trinajstić information content (AvgIpc) is 3.22.